The minimum atomic E-state index is -0.854. The molecule has 1 aromatic carbocycles. The first kappa shape index (κ1) is 15.1. The van der Waals surface area contributed by atoms with Gasteiger partial charge in [0.15, 0.2) is 5.82 Å². The molecule has 3 N–H and O–H groups in total. The molecule has 1 aromatic rings. The van der Waals surface area contributed by atoms with Crippen LogP contribution in [0.2, 0.25) is 5.02 Å². The van der Waals surface area contributed by atoms with Crippen molar-refractivity contribution in [3.05, 3.63) is 29.0 Å². The Morgan fingerprint density at radius 3 is 2.70 bits per heavy atom. The van der Waals surface area contributed by atoms with E-state index in [0.29, 0.717) is 36.3 Å². The highest BCUT2D eigenvalue weighted by Crippen LogP contribution is 2.40. The summed E-state index contributed by atoms with van der Waals surface area (Å²) in [4.78, 5) is 0. The molecule has 6 heteroatoms. The molecule has 0 unspecified atom stereocenters. The fraction of sp³-hybridized carbons (Fsp3) is 0.429. The number of anilines is 2. The first-order valence-electron chi connectivity index (χ1n) is 6.61. The number of hydrazine groups is 2. The molecule has 4 nitrogen and oxygen atoms in total. The molecule has 1 aliphatic heterocycles. The van der Waals surface area contributed by atoms with Gasteiger partial charge in [0.05, 0.1) is 17.8 Å². The number of nitrogens with zero attached hydrogens (tertiary/aromatic N) is 1. The second kappa shape index (κ2) is 5.60. The number of nitrogens with one attached hydrogen (secondary N) is 2. The zero-order valence-corrected chi connectivity index (χ0v) is 12.4. The van der Waals surface area contributed by atoms with Gasteiger partial charge in [-0.1, -0.05) is 38.1 Å². The summed E-state index contributed by atoms with van der Waals surface area (Å²) in [6.07, 6.45) is 2.62. The molecule has 110 valence electrons. The van der Waals surface area contributed by atoms with Crippen LogP contribution in [0.3, 0.4) is 0 Å². The molecule has 1 aliphatic rings. The normalized spacial score (nSPS) is 14.2. The van der Waals surface area contributed by atoms with Crippen LogP contribution in [0.4, 0.5) is 15.8 Å². The molecule has 20 heavy (non-hydrogen) atoms. The zero-order valence-electron chi connectivity index (χ0n) is 11.6. The summed E-state index contributed by atoms with van der Waals surface area (Å²) >= 11 is 6.11. The lowest BCUT2D eigenvalue weighted by molar-refractivity contribution is 0.0380. The summed E-state index contributed by atoms with van der Waals surface area (Å²) in [7, 11) is 0. The van der Waals surface area contributed by atoms with Crippen molar-refractivity contribution in [2.75, 3.05) is 17.0 Å². The van der Waals surface area contributed by atoms with Gasteiger partial charge < -0.3 is 10.5 Å². The quantitative estimate of drug-likeness (QED) is 0.780. The van der Waals surface area contributed by atoms with Crippen LogP contribution >= 0.6 is 11.6 Å². The first-order chi connectivity index (χ1) is 9.45. The van der Waals surface area contributed by atoms with Crippen LogP contribution in [0.5, 0.6) is 0 Å². The topological polar surface area (TPSA) is 47.5 Å². The third-order valence-corrected chi connectivity index (χ3v) is 4.14. The number of β-amino-alcohol motifs (C(OH)–C–C–N with tert-alkyl or cyclic N) is 1. The Balaban J connectivity index is 2.38. The van der Waals surface area contributed by atoms with Crippen molar-refractivity contribution in [1.82, 2.24) is 5.53 Å². The van der Waals surface area contributed by atoms with Gasteiger partial charge in [0.25, 0.3) is 0 Å². The Kier molecular flexibility index (Phi) is 4.22. The van der Waals surface area contributed by atoms with Crippen molar-refractivity contribution in [3.63, 3.8) is 0 Å². The largest absolute Gasteiger partial charge is 0.388 e. The van der Waals surface area contributed by atoms with Crippen molar-refractivity contribution < 1.29 is 9.50 Å². The number of aliphatic hydroxyl groups is 1. The van der Waals surface area contributed by atoms with E-state index in [2.05, 4.69) is 17.5 Å². The molecule has 0 amide bonds. The highest BCUT2D eigenvalue weighted by atomic mass is 35.5. The monoisotopic (exact) mass is 299 g/mol. The number of fused-ring (bicyclic) bond motifs is 1. The van der Waals surface area contributed by atoms with E-state index >= 15 is 0 Å². The molecule has 0 bridgehead atoms. The van der Waals surface area contributed by atoms with Crippen molar-refractivity contribution in [2.24, 2.45) is 0 Å². The van der Waals surface area contributed by atoms with Gasteiger partial charge in [-0.3, -0.25) is 5.01 Å². The van der Waals surface area contributed by atoms with Gasteiger partial charge in [0.2, 0.25) is 0 Å². The second-order valence-corrected chi connectivity index (χ2v) is 5.33. The summed E-state index contributed by atoms with van der Waals surface area (Å²) in [6.45, 7) is 7.70. The number of benzene rings is 1. The zero-order chi connectivity index (χ0) is 14.9. The summed E-state index contributed by atoms with van der Waals surface area (Å²) < 4.78 is 14.1. The lowest BCUT2D eigenvalue weighted by atomic mass is 9.97. The van der Waals surface area contributed by atoms with Crippen LogP contribution in [0.15, 0.2) is 12.6 Å². The van der Waals surface area contributed by atoms with Crippen LogP contribution < -0.4 is 16.0 Å². The van der Waals surface area contributed by atoms with Gasteiger partial charge >= 0.3 is 0 Å². The van der Waals surface area contributed by atoms with E-state index in [1.54, 1.807) is 11.1 Å². The van der Waals surface area contributed by atoms with E-state index in [9.17, 15) is 9.50 Å². The van der Waals surface area contributed by atoms with Crippen LogP contribution in [0, 0.1) is 5.82 Å². The maximum absolute atomic E-state index is 14.1. The molecule has 0 atom stereocenters. The van der Waals surface area contributed by atoms with Crippen molar-refractivity contribution >= 4 is 29.1 Å². The number of hydrogen-bond donors (Lipinski definition) is 3. The molecular formula is C14H19ClFN3O. The Bertz CT molecular complexity index is 532. The molecule has 0 fully saturated rings. The fourth-order valence-electron chi connectivity index (χ4n) is 2.21. The van der Waals surface area contributed by atoms with Gasteiger partial charge in [-0.2, -0.15) is 0 Å². The third-order valence-electron chi connectivity index (χ3n) is 3.79. The van der Waals surface area contributed by atoms with E-state index < -0.39 is 11.4 Å². The molecule has 0 saturated carbocycles. The van der Waals surface area contributed by atoms with E-state index in [4.69, 9.17) is 11.6 Å². The summed E-state index contributed by atoms with van der Waals surface area (Å²) in [5, 5.41) is 12.1. The predicted octanol–water partition coefficient (Wildman–Crippen LogP) is 3.32. The van der Waals surface area contributed by atoms with Gasteiger partial charge in [-0.25, -0.2) is 4.39 Å². The van der Waals surface area contributed by atoms with E-state index in [-0.39, 0.29) is 5.02 Å². The Morgan fingerprint density at radius 2 is 2.15 bits per heavy atom. The standard InChI is InChI=1S/C14H19ClFN3O/c1-4-9-7-10-13(11(15)12(9)16)19(18-17-10)8-14(20,5-2)6-3/h4,7,17-18,20H,1,5-6,8H2,2-3H3. The van der Waals surface area contributed by atoms with E-state index in [1.807, 2.05) is 13.8 Å². The first-order valence-corrected chi connectivity index (χ1v) is 6.99. The fourth-order valence-corrected chi connectivity index (χ4v) is 2.53. The molecule has 2 rings (SSSR count). The van der Waals surface area contributed by atoms with Crippen molar-refractivity contribution in [2.45, 2.75) is 32.3 Å². The summed E-state index contributed by atoms with van der Waals surface area (Å²) in [5.74, 6) is -0.507. The molecule has 0 aliphatic carbocycles. The SMILES string of the molecule is C=Cc1cc2c(c(Cl)c1F)N(CC(O)(CC)CC)NN2. The van der Waals surface area contributed by atoms with Crippen molar-refractivity contribution in [3.8, 4) is 0 Å². The maximum atomic E-state index is 14.1. The number of rotatable bonds is 5. The lowest BCUT2D eigenvalue weighted by Gasteiger charge is -2.31. The molecule has 0 saturated heterocycles. The molecule has 0 spiro atoms. The second-order valence-electron chi connectivity index (χ2n) is 4.95. The highest BCUT2D eigenvalue weighted by molar-refractivity contribution is 6.34. The smallest absolute Gasteiger partial charge is 0.151 e. The summed E-state index contributed by atoms with van der Waals surface area (Å²) in [6, 6.07) is 1.63. The van der Waals surface area contributed by atoms with Crippen LogP contribution in [-0.4, -0.2) is 17.3 Å². The maximum Gasteiger partial charge on any atom is 0.151 e. The molecule has 0 radical (unpaired) electrons. The van der Waals surface area contributed by atoms with Crippen LogP contribution in [-0.2, 0) is 0 Å². The van der Waals surface area contributed by atoms with Crippen LogP contribution in [0.1, 0.15) is 32.3 Å². The number of hydrogen-bond acceptors (Lipinski definition) is 4. The Morgan fingerprint density at radius 1 is 1.50 bits per heavy atom. The Hall–Kier alpha value is -1.30. The Labute approximate surface area is 123 Å². The molecular weight excluding hydrogens is 281 g/mol. The van der Waals surface area contributed by atoms with Crippen LogP contribution in [0.25, 0.3) is 6.08 Å². The molecule has 0 aromatic heterocycles. The van der Waals surface area contributed by atoms with Gasteiger partial charge in [0.1, 0.15) is 10.7 Å². The predicted molar refractivity (Wildman–Crippen MR) is 81.1 cm³/mol. The van der Waals surface area contributed by atoms with Gasteiger partial charge in [-0.15, -0.1) is 5.53 Å². The average Bonchev–Trinajstić information content (AvgIpc) is 2.85. The van der Waals surface area contributed by atoms with Gasteiger partial charge in [0, 0.05) is 5.56 Å². The average molecular weight is 300 g/mol. The van der Waals surface area contributed by atoms with Crippen molar-refractivity contribution in [1.29, 1.82) is 0 Å². The third kappa shape index (κ3) is 2.49. The summed E-state index contributed by atoms with van der Waals surface area (Å²) in [5.41, 5.74) is 6.50. The van der Waals surface area contributed by atoms with E-state index in [0.717, 1.165) is 0 Å². The lowest BCUT2D eigenvalue weighted by Crippen LogP contribution is -2.47. The van der Waals surface area contributed by atoms with E-state index in [1.165, 1.54) is 6.08 Å². The van der Waals surface area contributed by atoms with Gasteiger partial charge in [-0.05, 0) is 18.9 Å². The minimum Gasteiger partial charge on any atom is -0.388 e. The minimum absolute atomic E-state index is 0.0180. The number of halogens is 2. The highest BCUT2D eigenvalue weighted by Gasteiger charge is 2.32. The molecule has 1 heterocycles.